The monoisotopic (exact) mass is 309 g/mol. The van der Waals surface area contributed by atoms with Crippen LogP contribution in [0.4, 0.5) is 10.5 Å². The van der Waals surface area contributed by atoms with Crippen LogP contribution in [0.25, 0.3) is 0 Å². The number of ether oxygens (including phenoxy) is 1. The molecule has 2 N–H and O–H groups in total. The van der Waals surface area contributed by atoms with E-state index in [0.29, 0.717) is 24.4 Å². The molecule has 0 spiro atoms. The molecule has 0 aliphatic heterocycles. The van der Waals surface area contributed by atoms with Crippen molar-refractivity contribution in [3.63, 3.8) is 0 Å². The van der Waals surface area contributed by atoms with Crippen LogP contribution in [0.1, 0.15) is 16.7 Å². The Morgan fingerprint density at radius 3 is 2.78 bits per heavy atom. The highest BCUT2D eigenvalue weighted by Crippen LogP contribution is 2.18. The number of carbonyl (C=O) groups excluding carboxylic acids is 1. The van der Waals surface area contributed by atoms with Gasteiger partial charge in [-0.05, 0) is 43.2 Å². The fraction of sp³-hybridized carbons (Fsp3) is 0.222. The average molecular weight is 309 g/mol. The number of aryl methyl sites for hydroxylation is 2. The van der Waals surface area contributed by atoms with Crippen LogP contribution >= 0.6 is 0 Å². The SMILES string of the molecule is Cc1ccc(C)c(OCCNC(=O)Nc2ccccc2C#N)c1. The van der Waals surface area contributed by atoms with Gasteiger partial charge < -0.3 is 15.4 Å². The molecule has 0 radical (unpaired) electrons. The first kappa shape index (κ1) is 16.4. The molecule has 5 heteroatoms. The van der Waals surface area contributed by atoms with Gasteiger partial charge >= 0.3 is 6.03 Å². The molecule has 0 fully saturated rings. The minimum atomic E-state index is -0.364. The van der Waals surface area contributed by atoms with Crippen LogP contribution < -0.4 is 15.4 Å². The number of hydrogen-bond acceptors (Lipinski definition) is 3. The van der Waals surface area contributed by atoms with Crippen LogP contribution in [-0.4, -0.2) is 19.2 Å². The Morgan fingerprint density at radius 1 is 1.22 bits per heavy atom. The molecule has 0 bridgehead atoms. The molecule has 118 valence electrons. The lowest BCUT2D eigenvalue weighted by atomic mass is 10.1. The molecule has 0 atom stereocenters. The number of nitrogens with zero attached hydrogens (tertiary/aromatic N) is 1. The van der Waals surface area contributed by atoms with E-state index in [9.17, 15) is 4.79 Å². The lowest BCUT2D eigenvalue weighted by molar-refractivity contribution is 0.247. The highest BCUT2D eigenvalue weighted by atomic mass is 16.5. The van der Waals surface area contributed by atoms with E-state index in [2.05, 4.69) is 10.6 Å². The van der Waals surface area contributed by atoms with Gasteiger partial charge in [-0.3, -0.25) is 0 Å². The maximum absolute atomic E-state index is 11.8. The van der Waals surface area contributed by atoms with Gasteiger partial charge in [-0.1, -0.05) is 24.3 Å². The molecule has 2 aromatic rings. The summed E-state index contributed by atoms with van der Waals surface area (Å²) in [5, 5.41) is 14.3. The minimum absolute atomic E-state index is 0.364. The van der Waals surface area contributed by atoms with Crippen LogP contribution in [0.15, 0.2) is 42.5 Å². The lowest BCUT2D eigenvalue weighted by Gasteiger charge is -2.11. The van der Waals surface area contributed by atoms with Gasteiger partial charge in [0.1, 0.15) is 18.4 Å². The van der Waals surface area contributed by atoms with Crippen molar-refractivity contribution in [1.29, 1.82) is 5.26 Å². The second kappa shape index (κ2) is 7.85. The van der Waals surface area contributed by atoms with Crippen molar-refractivity contribution in [2.45, 2.75) is 13.8 Å². The molecule has 0 aliphatic rings. The smallest absolute Gasteiger partial charge is 0.319 e. The number of para-hydroxylation sites is 1. The number of nitriles is 1. The van der Waals surface area contributed by atoms with Crippen molar-refractivity contribution in [2.75, 3.05) is 18.5 Å². The normalized spacial score (nSPS) is 9.78. The summed E-state index contributed by atoms with van der Waals surface area (Å²) in [5.41, 5.74) is 3.10. The number of rotatable bonds is 5. The van der Waals surface area contributed by atoms with E-state index in [0.717, 1.165) is 16.9 Å². The number of amides is 2. The van der Waals surface area contributed by atoms with Gasteiger partial charge in [0.25, 0.3) is 0 Å². The largest absolute Gasteiger partial charge is 0.491 e. The third kappa shape index (κ3) is 4.75. The molecule has 2 amide bonds. The summed E-state index contributed by atoms with van der Waals surface area (Å²) in [6.45, 7) is 4.73. The molecule has 0 saturated heterocycles. The van der Waals surface area contributed by atoms with E-state index in [1.165, 1.54) is 0 Å². The molecule has 2 aromatic carbocycles. The molecule has 2 rings (SSSR count). The summed E-state index contributed by atoms with van der Waals surface area (Å²) in [4.78, 5) is 11.8. The summed E-state index contributed by atoms with van der Waals surface area (Å²) in [7, 11) is 0. The zero-order chi connectivity index (χ0) is 16.7. The Morgan fingerprint density at radius 2 is 2.00 bits per heavy atom. The maximum atomic E-state index is 11.8. The van der Waals surface area contributed by atoms with E-state index in [4.69, 9.17) is 10.00 Å². The van der Waals surface area contributed by atoms with Crippen LogP contribution in [0.2, 0.25) is 0 Å². The number of carbonyl (C=O) groups is 1. The topological polar surface area (TPSA) is 74.2 Å². The van der Waals surface area contributed by atoms with Crippen molar-refractivity contribution in [3.05, 3.63) is 59.2 Å². The number of hydrogen-bond donors (Lipinski definition) is 2. The molecule has 0 aromatic heterocycles. The van der Waals surface area contributed by atoms with Crippen LogP contribution in [0.3, 0.4) is 0 Å². The second-order valence-corrected chi connectivity index (χ2v) is 5.16. The molecule has 0 unspecified atom stereocenters. The number of nitrogens with one attached hydrogen (secondary N) is 2. The Hall–Kier alpha value is -3.00. The van der Waals surface area contributed by atoms with Crippen molar-refractivity contribution >= 4 is 11.7 Å². The van der Waals surface area contributed by atoms with E-state index in [-0.39, 0.29) is 6.03 Å². The third-order valence-corrected chi connectivity index (χ3v) is 3.28. The highest BCUT2D eigenvalue weighted by molar-refractivity contribution is 5.90. The standard InChI is InChI=1S/C18H19N3O2/c1-13-7-8-14(2)17(11-13)23-10-9-20-18(22)21-16-6-4-3-5-15(16)12-19/h3-8,11H,9-10H2,1-2H3,(H2,20,21,22). The summed E-state index contributed by atoms with van der Waals surface area (Å²) in [5.74, 6) is 0.821. The van der Waals surface area contributed by atoms with E-state index < -0.39 is 0 Å². The van der Waals surface area contributed by atoms with Crippen LogP contribution in [-0.2, 0) is 0 Å². The number of anilines is 1. The third-order valence-electron chi connectivity index (χ3n) is 3.28. The first-order valence-electron chi connectivity index (χ1n) is 7.34. The second-order valence-electron chi connectivity index (χ2n) is 5.16. The maximum Gasteiger partial charge on any atom is 0.319 e. The quantitative estimate of drug-likeness (QED) is 0.832. The van der Waals surface area contributed by atoms with E-state index in [1.54, 1.807) is 24.3 Å². The Labute approximate surface area is 135 Å². The molecule has 23 heavy (non-hydrogen) atoms. The van der Waals surface area contributed by atoms with Gasteiger partial charge in [-0.15, -0.1) is 0 Å². The zero-order valence-corrected chi connectivity index (χ0v) is 13.2. The fourth-order valence-corrected chi connectivity index (χ4v) is 2.04. The van der Waals surface area contributed by atoms with Gasteiger partial charge in [-0.2, -0.15) is 5.26 Å². The molecule has 0 heterocycles. The van der Waals surface area contributed by atoms with Crippen molar-refractivity contribution < 1.29 is 9.53 Å². The minimum Gasteiger partial charge on any atom is -0.491 e. The fourth-order valence-electron chi connectivity index (χ4n) is 2.04. The van der Waals surface area contributed by atoms with Gasteiger partial charge in [0.15, 0.2) is 0 Å². The first-order valence-corrected chi connectivity index (χ1v) is 7.34. The van der Waals surface area contributed by atoms with Crippen molar-refractivity contribution in [2.24, 2.45) is 0 Å². The predicted octanol–water partition coefficient (Wildman–Crippen LogP) is 3.38. The van der Waals surface area contributed by atoms with Crippen molar-refractivity contribution in [3.8, 4) is 11.8 Å². The summed E-state index contributed by atoms with van der Waals surface area (Å²) in [6, 6.07) is 14.5. The average Bonchev–Trinajstić information content (AvgIpc) is 2.55. The molecule has 0 saturated carbocycles. The van der Waals surface area contributed by atoms with Gasteiger partial charge in [0.05, 0.1) is 17.8 Å². The lowest BCUT2D eigenvalue weighted by Crippen LogP contribution is -2.32. The van der Waals surface area contributed by atoms with E-state index >= 15 is 0 Å². The Bertz CT molecular complexity index is 735. The number of benzene rings is 2. The van der Waals surface area contributed by atoms with Crippen LogP contribution in [0, 0.1) is 25.2 Å². The molecule has 5 nitrogen and oxygen atoms in total. The summed E-state index contributed by atoms with van der Waals surface area (Å²) in [6.07, 6.45) is 0. The zero-order valence-electron chi connectivity index (χ0n) is 13.2. The first-order chi connectivity index (χ1) is 11.1. The van der Waals surface area contributed by atoms with Gasteiger partial charge in [0.2, 0.25) is 0 Å². The summed E-state index contributed by atoms with van der Waals surface area (Å²) >= 11 is 0. The molecular weight excluding hydrogens is 290 g/mol. The Balaban J connectivity index is 1.79. The molecular formula is C18H19N3O2. The Kier molecular flexibility index (Phi) is 5.59. The van der Waals surface area contributed by atoms with Crippen LogP contribution in [0.5, 0.6) is 5.75 Å². The van der Waals surface area contributed by atoms with E-state index in [1.807, 2.05) is 38.1 Å². The summed E-state index contributed by atoms with van der Waals surface area (Å²) < 4.78 is 5.67. The highest BCUT2D eigenvalue weighted by Gasteiger charge is 2.05. The van der Waals surface area contributed by atoms with Crippen molar-refractivity contribution in [1.82, 2.24) is 5.32 Å². The van der Waals surface area contributed by atoms with Gasteiger partial charge in [0, 0.05) is 0 Å². The predicted molar refractivity (Wildman–Crippen MR) is 89.6 cm³/mol. The molecule has 0 aliphatic carbocycles. The number of urea groups is 1. The van der Waals surface area contributed by atoms with Gasteiger partial charge in [-0.25, -0.2) is 4.79 Å².